The first-order valence-electron chi connectivity index (χ1n) is 21.2. The highest BCUT2D eigenvalue weighted by Crippen LogP contribution is 2.28. The molecule has 1 aliphatic carbocycles. The Balaban J connectivity index is 0.000000193. The number of hydrogen-bond acceptors (Lipinski definition) is 7. The van der Waals surface area contributed by atoms with Crippen molar-refractivity contribution in [2.75, 3.05) is 32.7 Å². The summed E-state index contributed by atoms with van der Waals surface area (Å²) in [6.07, 6.45) is 10.1. The van der Waals surface area contributed by atoms with Crippen LogP contribution >= 0.6 is 11.8 Å². The maximum absolute atomic E-state index is 5.95. The molecule has 1 aliphatic rings. The van der Waals surface area contributed by atoms with Crippen LogP contribution in [0, 0.1) is 19.8 Å². The molecule has 0 heterocycles. The minimum atomic E-state index is 0.473. The molecule has 0 radical (unpaired) electrons. The van der Waals surface area contributed by atoms with Gasteiger partial charge in [-0.25, -0.2) is 0 Å². The largest absolute Gasteiger partial charge is 0.496 e. The van der Waals surface area contributed by atoms with E-state index in [4.69, 9.17) is 28.4 Å². The van der Waals surface area contributed by atoms with Gasteiger partial charge >= 0.3 is 0 Å². The van der Waals surface area contributed by atoms with E-state index in [1.54, 1.807) is 7.11 Å². The van der Waals surface area contributed by atoms with E-state index in [1.807, 2.05) is 84.6 Å². The number of methoxy groups -OCH3 is 1. The smallest absolute Gasteiger partial charge is 0.125 e. The lowest BCUT2D eigenvalue weighted by Gasteiger charge is -2.21. The van der Waals surface area contributed by atoms with Crippen molar-refractivity contribution >= 4 is 11.8 Å². The summed E-state index contributed by atoms with van der Waals surface area (Å²) in [5, 5.41) is 0. The highest BCUT2D eigenvalue weighted by Gasteiger charge is 2.14. The Morgan fingerprint density at radius 1 is 0.534 bits per heavy atom. The van der Waals surface area contributed by atoms with Gasteiger partial charge in [0, 0.05) is 22.6 Å². The van der Waals surface area contributed by atoms with E-state index in [1.165, 1.54) is 65.9 Å². The Morgan fingerprint density at radius 2 is 1.07 bits per heavy atom. The fraction of sp³-hybridized carbons (Fsp3) is 0.412. The van der Waals surface area contributed by atoms with Gasteiger partial charge in [0.1, 0.15) is 47.7 Å². The van der Waals surface area contributed by atoms with Crippen LogP contribution in [0.15, 0.2) is 120 Å². The predicted molar refractivity (Wildman–Crippen MR) is 242 cm³/mol. The molecule has 1 fully saturated rings. The predicted octanol–water partition coefficient (Wildman–Crippen LogP) is 13.9. The number of benzene rings is 5. The van der Waals surface area contributed by atoms with Gasteiger partial charge in [-0.05, 0) is 123 Å². The zero-order valence-electron chi connectivity index (χ0n) is 35.8. The van der Waals surface area contributed by atoms with Gasteiger partial charge in [0.15, 0.2) is 0 Å². The Bertz CT molecular complexity index is 1850. The van der Waals surface area contributed by atoms with Crippen molar-refractivity contribution in [1.29, 1.82) is 0 Å². The zero-order valence-corrected chi connectivity index (χ0v) is 36.6. The summed E-state index contributed by atoms with van der Waals surface area (Å²) in [7, 11) is 1.66. The van der Waals surface area contributed by atoms with E-state index < -0.39 is 0 Å². The SMILES string of the molecule is CCCOc1cccc(OCc2c(C)cccc2C)c1.CCCOc1cccc(OCc2ccccc2OC)c1.CCCSc1cccc(OCC2CCCCC2)c1. The van der Waals surface area contributed by atoms with Crippen molar-refractivity contribution in [3.8, 4) is 34.5 Å². The Hall–Kier alpha value is -4.75. The van der Waals surface area contributed by atoms with Gasteiger partial charge in [-0.3, -0.25) is 0 Å². The quantitative estimate of drug-likeness (QED) is 0.0770. The number of ether oxygens (including phenoxy) is 6. The molecule has 0 unspecified atom stereocenters. The van der Waals surface area contributed by atoms with Gasteiger partial charge in [0.25, 0.3) is 0 Å². The van der Waals surface area contributed by atoms with Crippen LogP contribution in [0.5, 0.6) is 34.5 Å². The fourth-order valence-corrected chi connectivity index (χ4v) is 7.22. The first-order valence-corrected chi connectivity index (χ1v) is 22.1. The van der Waals surface area contributed by atoms with Crippen molar-refractivity contribution in [3.05, 3.63) is 138 Å². The molecule has 0 amide bonds. The summed E-state index contributed by atoms with van der Waals surface area (Å²) in [6.45, 7) is 14.1. The molecule has 0 saturated heterocycles. The van der Waals surface area contributed by atoms with E-state index in [-0.39, 0.29) is 0 Å². The van der Waals surface area contributed by atoms with Gasteiger partial charge in [-0.2, -0.15) is 0 Å². The minimum Gasteiger partial charge on any atom is -0.496 e. The first-order chi connectivity index (χ1) is 28.4. The molecule has 0 N–H and O–H groups in total. The van der Waals surface area contributed by atoms with E-state index in [0.29, 0.717) is 13.2 Å². The summed E-state index contributed by atoms with van der Waals surface area (Å²) < 4.78 is 34.2. The lowest BCUT2D eigenvalue weighted by Crippen LogP contribution is -2.15. The van der Waals surface area contributed by atoms with Gasteiger partial charge in [0.2, 0.25) is 0 Å². The highest BCUT2D eigenvalue weighted by molar-refractivity contribution is 7.99. The summed E-state index contributed by atoms with van der Waals surface area (Å²) in [6, 6.07) is 38.2. The average molecular weight is 807 g/mol. The van der Waals surface area contributed by atoms with Crippen molar-refractivity contribution in [2.45, 2.75) is 104 Å². The highest BCUT2D eigenvalue weighted by atomic mass is 32.2. The van der Waals surface area contributed by atoms with Crippen molar-refractivity contribution < 1.29 is 28.4 Å². The van der Waals surface area contributed by atoms with Crippen LogP contribution in [-0.2, 0) is 13.2 Å². The Morgan fingerprint density at radius 3 is 1.66 bits per heavy atom. The molecular formula is C51H66O6S. The molecule has 0 bridgehead atoms. The molecular weight excluding hydrogens is 741 g/mol. The maximum atomic E-state index is 5.95. The number of aryl methyl sites for hydroxylation is 2. The van der Waals surface area contributed by atoms with E-state index in [0.717, 1.165) is 78.6 Å². The topological polar surface area (TPSA) is 55.4 Å². The van der Waals surface area contributed by atoms with Crippen molar-refractivity contribution in [3.63, 3.8) is 0 Å². The molecule has 5 aromatic rings. The molecule has 6 nitrogen and oxygen atoms in total. The van der Waals surface area contributed by atoms with Crippen LogP contribution in [0.1, 0.15) is 94.4 Å². The molecule has 312 valence electrons. The van der Waals surface area contributed by atoms with Gasteiger partial charge in [-0.15, -0.1) is 11.8 Å². The van der Waals surface area contributed by atoms with Crippen molar-refractivity contribution in [1.82, 2.24) is 0 Å². The molecule has 0 aromatic heterocycles. The maximum Gasteiger partial charge on any atom is 0.125 e. The Labute approximate surface area is 353 Å². The molecule has 58 heavy (non-hydrogen) atoms. The minimum absolute atomic E-state index is 0.473. The second-order valence-electron chi connectivity index (χ2n) is 14.5. The second-order valence-corrected chi connectivity index (χ2v) is 15.7. The van der Waals surface area contributed by atoms with Crippen molar-refractivity contribution in [2.24, 2.45) is 5.92 Å². The van der Waals surface area contributed by atoms with Crippen LogP contribution in [0.3, 0.4) is 0 Å². The Kier molecular flexibility index (Phi) is 21.4. The summed E-state index contributed by atoms with van der Waals surface area (Å²) in [4.78, 5) is 1.33. The number of thioether (sulfide) groups is 1. The molecule has 5 aromatic carbocycles. The van der Waals surface area contributed by atoms with Crippen LogP contribution in [-0.4, -0.2) is 32.7 Å². The zero-order chi connectivity index (χ0) is 41.2. The van der Waals surface area contributed by atoms with E-state index >= 15 is 0 Å². The lowest BCUT2D eigenvalue weighted by atomic mass is 9.90. The molecule has 6 rings (SSSR count). The van der Waals surface area contributed by atoms with Gasteiger partial charge < -0.3 is 28.4 Å². The lowest BCUT2D eigenvalue weighted by molar-refractivity contribution is 0.208. The summed E-state index contributed by atoms with van der Waals surface area (Å²) in [5.74, 6) is 7.20. The molecule has 1 saturated carbocycles. The average Bonchev–Trinajstić information content (AvgIpc) is 3.26. The van der Waals surface area contributed by atoms with Gasteiger partial charge in [0.05, 0.1) is 26.9 Å². The third kappa shape index (κ3) is 17.0. The normalized spacial score (nSPS) is 12.2. The molecule has 0 spiro atoms. The number of para-hydroxylation sites is 1. The molecule has 7 heteroatoms. The van der Waals surface area contributed by atoms with Crippen LogP contribution in [0.4, 0.5) is 0 Å². The van der Waals surface area contributed by atoms with Crippen LogP contribution < -0.4 is 28.4 Å². The van der Waals surface area contributed by atoms with Crippen LogP contribution in [0.2, 0.25) is 0 Å². The molecule has 0 atom stereocenters. The number of rotatable bonds is 19. The number of hydrogen-bond donors (Lipinski definition) is 0. The third-order valence-electron chi connectivity index (χ3n) is 9.66. The summed E-state index contributed by atoms with van der Waals surface area (Å²) in [5.41, 5.74) is 4.81. The third-order valence-corrected chi connectivity index (χ3v) is 10.9. The summed E-state index contributed by atoms with van der Waals surface area (Å²) >= 11 is 1.92. The van der Waals surface area contributed by atoms with E-state index in [9.17, 15) is 0 Å². The second kappa shape index (κ2) is 27.0. The first kappa shape index (κ1) is 45.9. The fourth-order valence-electron chi connectivity index (χ4n) is 6.40. The van der Waals surface area contributed by atoms with E-state index in [2.05, 4.69) is 77.1 Å². The standard InChI is InChI=1S/C18H22O2.C17H20O3.C16H24OS/c1-4-11-19-16-9-6-10-17(12-16)20-13-18-14(2)7-5-8-15(18)3;1-3-11-19-15-8-6-9-16(12-15)20-13-14-7-4-5-10-17(14)18-2;1-2-11-18-16-10-6-9-15(12-16)17-13-14-7-4-3-5-8-14/h5-10,12H,4,11,13H2,1-3H3;4-10,12H,3,11,13H2,1-2H3;6,9-10,12,14H,2-5,7-8,11,13H2,1H3. The van der Waals surface area contributed by atoms with Crippen LogP contribution in [0.25, 0.3) is 0 Å². The van der Waals surface area contributed by atoms with Gasteiger partial charge in [-0.1, -0.05) is 94.6 Å². The molecule has 0 aliphatic heterocycles. The monoisotopic (exact) mass is 806 g/mol.